The van der Waals surface area contributed by atoms with Crippen LogP contribution in [-0.4, -0.2) is 21.5 Å². The van der Waals surface area contributed by atoms with Gasteiger partial charge in [0, 0.05) is 25.8 Å². The van der Waals surface area contributed by atoms with Crippen molar-refractivity contribution in [1.82, 2.24) is 0 Å². The molecular formula is C9H14BFNO3+. The van der Waals surface area contributed by atoms with Crippen LogP contribution in [0.25, 0.3) is 0 Å². The lowest BCUT2D eigenvalue weighted by Gasteiger charge is -2.09. The number of halogens is 1. The molecule has 0 bridgehead atoms. The summed E-state index contributed by atoms with van der Waals surface area (Å²) in [6.07, 6.45) is 0. The van der Waals surface area contributed by atoms with Crippen LogP contribution >= 0.6 is 0 Å². The molecule has 0 heterocycles. The van der Waals surface area contributed by atoms with Crippen molar-refractivity contribution in [1.29, 1.82) is 0 Å². The van der Waals surface area contributed by atoms with E-state index in [9.17, 15) is 4.39 Å². The van der Waals surface area contributed by atoms with Crippen molar-refractivity contribution in [3.8, 4) is 0 Å². The number of quaternary nitrogens is 1. The van der Waals surface area contributed by atoms with Crippen molar-refractivity contribution in [2.24, 2.45) is 0 Å². The molecule has 0 aliphatic carbocycles. The molecule has 0 amide bonds. The first-order chi connectivity index (χ1) is 7.17. The Hall–Kier alpha value is -0.945. The van der Waals surface area contributed by atoms with Crippen molar-refractivity contribution in [3.63, 3.8) is 0 Å². The van der Waals surface area contributed by atoms with Crippen molar-refractivity contribution >= 4 is 13.0 Å². The van der Waals surface area contributed by atoms with Gasteiger partial charge in [-0.15, -0.1) is 0 Å². The fraction of sp³-hybridized carbons (Fsp3) is 0.333. The topological polar surface area (TPSA) is 55.3 Å². The summed E-state index contributed by atoms with van der Waals surface area (Å²) in [5, 5.41) is 0. The number of hydrogen-bond donors (Lipinski definition) is 1. The van der Waals surface area contributed by atoms with Gasteiger partial charge in [-0.3, -0.25) is 0 Å². The molecule has 0 aromatic heterocycles. The quantitative estimate of drug-likeness (QED) is 0.725. The highest BCUT2D eigenvalue weighted by Gasteiger charge is 2.18. The molecule has 82 valence electrons. The SMILES string of the molecule is COB(OC)OCc1cc(F)ccc1[NH3+]. The zero-order valence-electron chi connectivity index (χ0n) is 8.83. The molecule has 0 saturated heterocycles. The Kier molecular flexibility index (Phi) is 4.70. The van der Waals surface area contributed by atoms with E-state index >= 15 is 0 Å². The highest BCUT2D eigenvalue weighted by Crippen LogP contribution is 2.13. The minimum absolute atomic E-state index is 0.197. The average Bonchev–Trinajstić information content (AvgIpc) is 2.24. The summed E-state index contributed by atoms with van der Waals surface area (Å²) in [4.78, 5) is 0. The van der Waals surface area contributed by atoms with Crippen molar-refractivity contribution in [2.75, 3.05) is 14.2 Å². The molecule has 0 saturated carbocycles. The van der Waals surface area contributed by atoms with E-state index in [1.165, 1.54) is 26.4 Å². The lowest BCUT2D eigenvalue weighted by Crippen LogP contribution is -2.41. The van der Waals surface area contributed by atoms with Gasteiger partial charge in [0.15, 0.2) is 0 Å². The van der Waals surface area contributed by atoms with Gasteiger partial charge in [0.2, 0.25) is 0 Å². The van der Waals surface area contributed by atoms with Gasteiger partial charge < -0.3 is 19.7 Å². The van der Waals surface area contributed by atoms with E-state index in [4.69, 9.17) is 14.0 Å². The van der Waals surface area contributed by atoms with Gasteiger partial charge in [0.05, 0.1) is 6.61 Å². The monoisotopic (exact) mass is 214 g/mol. The highest BCUT2D eigenvalue weighted by atomic mass is 19.1. The Labute approximate surface area is 88.3 Å². The summed E-state index contributed by atoms with van der Waals surface area (Å²) in [7, 11) is 2.18. The molecule has 1 aromatic carbocycles. The van der Waals surface area contributed by atoms with Crippen LogP contribution in [-0.2, 0) is 20.6 Å². The Morgan fingerprint density at radius 2 is 2.00 bits per heavy atom. The molecular weight excluding hydrogens is 200 g/mol. The third-order valence-corrected chi connectivity index (χ3v) is 1.93. The number of rotatable bonds is 5. The van der Waals surface area contributed by atoms with Crippen LogP contribution in [0.5, 0.6) is 0 Å². The molecule has 0 spiro atoms. The second-order valence-electron chi connectivity index (χ2n) is 2.98. The van der Waals surface area contributed by atoms with E-state index in [1.807, 2.05) is 0 Å². The standard InChI is InChI=1S/C9H13BFNO3/c1-13-10(14-2)15-6-7-5-8(11)3-4-9(7)12/h3-5H,6,12H2,1-2H3/p+1. The lowest BCUT2D eigenvalue weighted by molar-refractivity contribution is -0.256. The summed E-state index contributed by atoms with van der Waals surface area (Å²) in [5.41, 5.74) is 5.16. The van der Waals surface area contributed by atoms with Crippen molar-refractivity contribution < 1.29 is 24.1 Å². The Morgan fingerprint density at radius 1 is 1.33 bits per heavy atom. The maximum absolute atomic E-state index is 12.9. The largest absolute Gasteiger partial charge is 0.639 e. The zero-order valence-corrected chi connectivity index (χ0v) is 8.83. The van der Waals surface area contributed by atoms with E-state index < -0.39 is 7.32 Å². The molecule has 0 fully saturated rings. The lowest BCUT2D eigenvalue weighted by atomic mass is 10.1. The van der Waals surface area contributed by atoms with Crippen molar-refractivity contribution in [2.45, 2.75) is 6.61 Å². The summed E-state index contributed by atoms with van der Waals surface area (Å²) >= 11 is 0. The minimum Gasteiger partial charge on any atom is -0.389 e. The average molecular weight is 214 g/mol. The minimum atomic E-state index is -0.743. The first-order valence-electron chi connectivity index (χ1n) is 4.45. The van der Waals surface area contributed by atoms with Gasteiger partial charge in [-0.2, -0.15) is 0 Å². The maximum Gasteiger partial charge on any atom is 0.639 e. The van der Waals surface area contributed by atoms with Crippen LogP contribution in [0, 0.1) is 5.82 Å². The number of hydrogen-bond acceptors (Lipinski definition) is 3. The van der Waals surface area contributed by atoms with E-state index in [-0.39, 0.29) is 12.4 Å². The molecule has 6 heteroatoms. The van der Waals surface area contributed by atoms with Gasteiger partial charge in [0.1, 0.15) is 11.5 Å². The van der Waals surface area contributed by atoms with E-state index in [0.29, 0.717) is 5.56 Å². The van der Waals surface area contributed by atoms with Crippen LogP contribution in [0.2, 0.25) is 0 Å². The van der Waals surface area contributed by atoms with Gasteiger partial charge >= 0.3 is 7.32 Å². The second kappa shape index (κ2) is 5.82. The third kappa shape index (κ3) is 3.60. The van der Waals surface area contributed by atoms with E-state index in [1.54, 1.807) is 6.07 Å². The fourth-order valence-corrected chi connectivity index (χ4v) is 1.12. The van der Waals surface area contributed by atoms with Gasteiger partial charge in [0.25, 0.3) is 0 Å². The third-order valence-electron chi connectivity index (χ3n) is 1.93. The predicted octanol–water partition coefficient (Wildman–Crippen LogP) is 0.493. The molecule has 15 heavy (non-hydrogen) atoms. The van der Waals surface area contributed by atoms with Gasteiger partial charge in [-0.05, 0) is 12.1 Å². The normalized spacial score (nSPS) is 10.4. The van der Waals surface area contributed by atoms with E-state index in [0.717, 1.165) is 5.69 Å². The van der Waals surface area contributed by atoms with Crippen LogP contribution in [0.3, 0.4) is 0 Å². The van der Waals surface area contributed by atoms with Crippen LogP contribution in [0.15, 0.2) is 18.2 Å². The summed E-state index contributed by atoms with van der Waals surface area (Å²) in [6.45, 7) is 0.197. The predicted molar refractivity (Wildman–Crippen MR) is 53.5 cm³/mol. The van der Waals surface area contributed by atoms with Crippen LogP contribution < -0.4 is 5.73 Å². The van der Waals surface area contributed by atoms with Gasteiger partial charge in [-0.25, -0.2) is 4.39 Å². The fourth-order valence-electron chi connectivity index (χ4n) is 1.12. The number of benzene rings is 1. The summed E-state index contributed by atoms with van der Waals surface area (Å²) in [5.74, 6) is -0.313. The first-order valence-corrected chi connectivity index (χ1v) is 4.45. The summed E-state index contributed by atoms with van der Waals surface area (Å²) in [6, 6.07) is 4.34. The highest BCUT2D eigenvalue weighted by molar-refractivity contribution is 6.36. The molecule has 0 aliphatic rings. The molecule has 0 radical (unpaired) electrons. The maximum atomic E-state index is 12.9. The molecule has 1 aromatic rings. The molecule has 0 aliphatic heterocycles. The van der Waals surface area contributed by atoms with Crippen LogP contribution in [0.1, 0.15) is 5.56 Å². The molecule has 0 atom stereocenters. The van der Waals surface area contributed by atoms with Crippen LogP contribution in [0.4, 0.5) is 10.1 Å². The van der Waals surface area contributed by atoms with E-state index in [2.05, 4.69) is 5.73 Å². The Morgan fingerprint density at radius 3 is 2.60 bits per heavy atom. The summed E-state index contributed by atoms with van der Waals surface area (Å²) < 4.78 is 27.8. The second-order valence-corrected chi connectivity index (χ2v) is 2.98. The Bertz CT molecular complexity index is 320. The zero-order chi connectivity index (χ0) is 11.3. The smallest absolute Gasteiger partial charge is 0.389 e. The molecule has 3 N–H and O–H groups in total. The Balaban J connectivity index is 2.60. The molecule has 4 nitrogen and oxygen atoms in total. The molecule has 0 unspecified atom stereocenters. The van der Waals surface area contributed by atoms with Crippen molar-refractivity contribution in [3.05, 3.63) is 29.6 Å². The van der Waals surface area contributed by atoms with Gasteiger partial charge in [-0.1, -0.05) is 0 Å². The molecule has 1 rings (SSSR count). The first kappa shape index (κ1) is 12.1.